The van der Waals surface area contributed by atoms with Gasteiger partial charge in [-0.2, -0.15) is 0 Å². The summed E-state index contributed by atoms with van der Waals surface area (Å²) in [5.41, 5.74) is 2.32. The lowest BCUT2D eigenvalue weighted by atomic mass is 9.77. The van der Waals surface area contributed by atoms with E-state index < -0.39 is 0 Å². The van der Waals surface area contributed by atoms with Crippen LogP contribution in [0, 0.1) is 0 Å². The summed E-state index contributed by atoms with van der Waals surface area (Å²) >= 11 is 12.8. The topological polar surface area (TPSA) is 78.1 Å². The van der Waals surface area contributed by atoms with Crippen LogP contribution in [0.25, 0.3) is 108 Å². The molecule has 2 heterocycles. The molecule has 0 fully saturated rings. The zero-order chi connectivity index (χ0) is 36.9. The van der Waals surface area contributed by atoms with Crippen LogP contribution < -0.4 is 22.2 Å². The van der Waals surface area contributed by atoms with E-state index >= 15 is 0 Å². The molecule has 11 aromatic rings. The number of aromatic nitrogens is 2. The van der Waals surface area contributed by atoms with Gasteiger partial charge in [0.15, 0.2) is 0 Å². The molecule has 260 valence electrons. The first-order chi connectivity index (χ1) is 26.2. The second-order valence-electron chi connectivity index (χ2n) is 14.6. The molecule has 0 radical (unpaired) electrons. The molecule has 0 aliphatic rings. The maximum absolute atomic E-state index is 14.4. The molecule has 0 spiro atoms. The molecule has 6 nitrogen and oxygen atoms in total. The third-order valence-corrected chi connectivity index (χ3v) is 12.2. The maximum Gasteiger partial charge on any atom is 0.261 e. The number of hydrogen-bond acceptors (Lipinski definition) is 4. The molecular formula is C46H28Cl2N2O4. The number of hydrogen-bond donors (Lipinski definition) is 0. The van der Waals surface area contributed by atoms with E-state index in [4.69, 9.17) is 23.2 Å². The zero-order valence-electron chi connectivity index (χ0n) is 29.2. The van der Waals surface area contributed by atoms with Crippen molar-refractivity contribution in [3.63, 3.8) is 0 Å². The van der Waals surface area contributed by atoms with Gasteiger partial charge in [0.05, 0.1) is 0 Å². The first kappa shape index (κ1) is 31.7. The Labute approximate surface area is 315 Å². The predicted molar refractivity (Wildman–Crippen MR) is 225 cm³/mol. The second kappa shape index (κ2) is 10.9. The monoisotopic (exact) mass is 742 g/mol. The molecule has 11 rings (SSSR count). The molecule has 9 aromatic carbocycles. The van der Waals surface area contributed by atoms with E-state index in [0.717, 1.165) is 76.1 Å². The van der Waals surface area contributed by atoms with Crippen molar-refractivity contribution in [1.29, 1.82) is 0 Å². The van der Waals surface area contributed by atoms with Crippen LogP contribution in [0.1, 0.15) is 26.7 Å². The van der Waals surface area contributed by atoms with E-state index in [1.165, 1.54) is 9.13 Å². The number of halogens is 2. The van der Waals surface area contributed by atoms with Crippen LogP contribution in [0.4, 0.5) is 0 Å². The van der Waals surface area contributed by atoms with Gasteiger partial charge in [-0.25, -0.2) is 0 Å². The molecule has 2 aromatic heterocycles. The molecule has 0 amide bonds. The third-order valence-electron chi connectivity index (χ3n) is 11.7. The van der Waals surface area contributed by atoms with E-state index in [-0.39, 0.29) is 22.2 Å². The van der Waals surface area contributed by atoms with Gasteiger partial charge in [0.1, 0.15) is 0 Å². The normalized spacial score (nSPS) is 12.7. The van der Waals surface area contributed by atoms with Crippen molar-refractivity contribution in [2.24, 2.45) is 0 Å². The van der Waals surface area contributed by atoms with Crippen molar-refractivity contribution in [3.05, 3.63) is 136 Å². The zero-order valence-corrected chi connectivity index (χ0v) is 30.7. The van der Waals surface area contributed by atoms with Crippen molar-refractivity contribution in [1.82, 2.24) is 9.13 Å². The summed E-state index contributed by atoms with van der Waals surface area (Å²) < 4.78 is 2.75. The van der Waals surface area contributed by atoms with Gasteiger partial charge in [-0.05, 0) is 139 Å². The van der Waals surface area contributed by atoms with Crippen molar-refractivity contribution >= 4 is 109 Å². The number of benzene rings is 9. The van der Waals surface area contributed by atoms with E-state index in [0.29, 0.717) is 68.3 Å². The quantitative estimate of drug-likeness (QED) is 0.125. The Balaban J connectivity index is 1.52. The fraction of sp³-hybridized carbons (Fsp3) is 0.130. The summed E-state index contributed by atoms with van der Waals surface area (Å²) in [6.07, 6.45) is 1.25. The van der Waals surface area contributed by atoms with E-state index in [1.807, 2.05) is 86.6 Å². The standard InChI is InChI=1S/C46H28Cl2N2O4/c1-3-13-49-43(51)31-17-23-15-28(22-7-11-26(48)12-8-22)30-20-34-38-32(44(52)50(14-4-2)46(34)54)18-24-16-27(21-5-9-25(47)10-6-21)29-19-33(45(49)53)37(31)41-35(23)40(30)42(38)36(24)39(29)41/h5-12,15-20H,3-4,13-14H2,1-2H3. The van der Waals surface area contributed by atoms with Crippen LogP contribution in [0.3, 0.4) is 0 Å². The fourth-order valence-corrected chi connectivity index (χ4v) is 9.77. The maximum atomic E-state index is 14.4. The molecular weight excluding hydrogens is 715 g/mol. The van der Waals surface area contributed by atoms with Crippen LogP contribution in [0.15, 0.2) is 104 Å². The van der Waals surface area contributed by atoms with Crippen molar-refractivity contribution < 1.29 is 0 Å². The Hall–Kier alpha value is -5.82. The second-order valence-corrected chi connectivity index (χ2v) is 15.5. The molecule has 0 atom stereocenters. The minimum Gasteiger partial charge on any atom is -0.274 e. The molecule has 0 aliphatic heterocycles. The molecule has 0 aliphatic carbocycles. The Morgan fingerprint density at radius 3 is 1.11 bits per heavy atom. The van der Waals surface area contributed by atoms with Gasteiger partial charge in [0.2, 0.25) is 0 Å². The number of rotatable bonds is 6. The minimum atomic E-state index is -0.310. The SMILES string of the molecule is CCCn1c(=O)c2cc3cc(-c4ccc(Cl)cc4)c4cc5c(=O)n(CCC)c(=O)c6cc7cc(-c8ccc(Cl)cc8)c8cc(c1=O)c2c1c3c4c(c65)c7c81. The highest BCUT2D eigenvalue weighted by atomic mass is 35.5. The van der Waals surface area contributed by atoms with Gasteiger partial charge in [0, 0.05) is 66.2 Å². The molecule has 0 saturated heterocycles. The van der Waals surface area contributed by atoms with Gasteiger partial charge >= 0.3 is 0 Å². The van der Waals surface area contributed by atoms with Crippen LogP contribution in [0.5, 0.6) is 0 Å². The molecule has 0 N–H and O–H groups in total. The van der Waals surface area contributed by atoms with Crippen LogP contribution in [0.2, 0.25) is 10.0 Å². The average molecular weight is 744 g/mol. The number of pyridine rings is 2. The summed E-state index contributed by atoms with van der Waals surface area (Å²) in [7, 11) is 0. The molecule has 0 unspecified atom stereocenters. The van der Waals surface area contributed by atoms with Crippen LogP contribution >= 0.6 is 23.2 Å². The van der Waals surface area contributed by atoms with E-state index in [1.54, 1.807) is 0 Å². The lowest BCUT2D eigenvalue weighted by Crippen LogP contribution is -2.33. The summed E-state index contributed by atoms with van der Waals surface area (Å²) in [6.45, 7) is 4.53. The van der Waals surface area contributed by atoms with Crippen LogP contribution in [-0.2, 0) is 13.1 Å². The highest BCUT2D eigenvalue weighted by Gasteiger charge is 2.30. The van der Waals surface area contributed by atoms with E-state index in [9.17, 15) is 19.2 Å². The first-order valence-corrected chi connectivity index (χ1v) is 19.0. The Bertz CT molecular complexity index is 3370. The summed E-state index contributed by atoms with van der Waals surface area (Å²) in [6, 6.07) is 27.2. The van der Waals surface area contributed by atoms with Gasteiger partial charge in [-0.15, -0.1) is 0 Å². The first-order valence-electron chi connectivity index (χ1n) is 18.2. The highest BCUT2D eigenvalue weighted by molar-refractivity contribution is 6.51. The predicted octanol–water partition coefficient (Wildman–Crippen LogP) is 10.6. The molecule has 0 saturated carbocycles. The summed E-state index contributed by atoms with van der Waals surface area (Å²) in [5, 5.41) is 13.1. The Morgan fingerprint density at radius 2 is 0.759 bits per heavy atom. The molecule has 0 bridgehead atoms. The van der Waals surface area contributed by atoms with Gasteiger partial charge < -0.3 is 0 Å². The van der Waals surface area contributed by atoms with Gasteiger partial charge in [-0.3, -0.25) is 28.3 Å². The minimum absolute atomic E-state index is 0.303. The molecule has 54 heavy (non-hydrogen) atoms. The van der Waals surface area contributed by atoms with Gasteiger partial charge in [0.25, 0.3) is 22.2 Å². The summed E-state index contributed by atoms with van der Waals surface area (Å²) in [5.74, 6) is 0. The van der Waals surface area contributed by atoms with Crippen LogP contribution in [-0.4, -0.2) is 9.13 Å². The van der Waals surface area contributed by atoms with Crippen molar-refractivity contribution in [2.75, 3.05) is 0 Å². The van der Waals surface area contributed by atoms with Gasteiger partial charge in [-0.1, -0.05) is 61.3 Å². The van der Waals surface area contributed by atoms with Crippen molar-refractivity contribution in [2.45, 2.75) is 39.8 Å². The third kappa shape index (κ3) is 3.86. The lowest BCUT2D eigenvalue weighted by molar-refractivity contribution is 0.643. The Morgan fingerprint density at radius 1 is 0.407 bits per heavy atom. The molecule has 8 heteroatoms. The number of nitrogens with zero attached hydrogens (tertiary/aromatic N) is 2. The lowest BCUT2D eigenvalue weighted by Gasteiger charge is -2.26. The summed E-state index contributed by atoms with van der Waals surface area (Å²) in [4.78, 5) is 57.6. The smallest absolute Gasteiger partial charge is 0.261 e. The average Bonchev–Trinajstić information content (AvgIpc) is 3.18. The van der Waals surface area contributed by atoms with Crippen molar-refractivity contribution in [3.8, 4) is 22.3 Å². The fourth-order valence-electron chi connectivity index (χ4n) is 9.52. The largest absolute Gasteiger partial charge is 0.274 e. The van der Waals surface area contributed by atoms with E-state index in [2.05, 4.69) is 12.1 Å². The Kier molecular flexibility index (Phi) is 6.38. The highest BCUT2D eigenvalue weighted by Crippen LogP contribution is 2.54.